The lowest BCUT2D eigenvalue weighted by molar-refractivity contribution is 0.693. The summed E-state index contributed by atoms with van der Waals surface area (Å²) in [5, 5.41) is 3.43. The molecule has 0 saturated carbocycles. The first-order chi connectivity index (χ1) is 7.77. The maximum Gasteiger partial charge on any atom is 0.0798 e. The fourth-order valence-corrected chi connectivity index (χ4v) is 2.25. The van der Waals surface area contributed by atoms with Crippen molar-refractivity contribution in [3.63, 3.8) is 0 Å². The van der Waals surface area contributed by atoms with Gasteiger partial charge in [-0.25, -0.2) is 4.98 Å². The van der Waals surface area contributed by atoms with Crippen LogP contribution in [0.2, 0.25) is 0 Å². The van der Waals surface area contributed by atoms with Gasteiger partial charge in [-0.2, -0.15) is 0 Å². The molecule has 0 aromatic carbocycles. The molecule has 4 heteroatoms. The lowest BCUT2D eigenvalue weighted by atomic mass is 10.1. The Hall–Kier alpha value is -1.26. The highest BCUT2D eigenvalue weighted by Crippen LogP contribution is 2.12. The molecule has 0 saturated heterocycles. The smallest absolute Gasteiger partial charge is 0.0798 e. The lowest BCUT2D eigenvalue weighted by Crippen LogP contribution is -2.13. The molecule has 2 aromatic heterocycles. The summed E-state index contributed by atoms with van der Waals surface area (Å²) in [6.45, 7) is 5.90. The maximum atomic E-state index is 4.23. The Morgan fingerprint density at radius 2 is 2.19 bits per heavy atom. The zero-order valence-electron chi connectivity index (χ0n) is 9.53. The van der Waals surface area contributed by atoms with E-state index < -0.39 is 0 Å². The molecule has 0 unspecified atom stereocenters. The molecule has 84 valence electrons. The highest BCUT2D eigenvalue weighted by Gasteiger charge is 2.01. The standard InChI is InChI=1S/C12H15N3S/c1-9-5-13-4-3-11(9)6-14-7-12-10(2)15-8-16-12/h3-5,8,14H,6-7H2,1-2H3. The van der Waals surface area contributed by atoms with Crippen LogP contribution in [0.25, 0.3) is 0 Å². The molecule has 0 aliphatic rings. The van der Waals surface area contributed by atoms with Crippen molar-refractivity contribution in [1.82, 2.24) is 15.3 Å². The van der Waals surface area contributed by atoms with Crippen LogP contribution in [-0.4, -0.2) is 9.97 Å². The summed E-state index contributed by atoms with van der Waals surface area (Å²) >= 11 is 1.70. The highest BCUT2D eigenvalue weighted by molar-refractivity contribution is 7.09. The fourth-order valence-electron chi connectivity index (χ4n) is 1.51. The number of nitrogens with one attached hydrogen (secondary N) is 1. The van der Waals surface area contributed by atoms with Gasteiger partial charge in [0.1, 0.15) is 0 Å². The number of pyridine rings is 1. The van der Waals surface area contributed by atoms with Gasteiger partial charge in [0, 0.05) is 30.4 Å². The zero-order valence-corrected chi connectivity index (χ0v) is 10.3. The molecule has 0 fully saturated rings. The topological polar surface area (TPSA) is 37.8 Å². The minimum atomic E-state index is 0.881. The largest absolute Gasteiger partial charge is 0.308 e. The van der Waals surface area contributed by atoms with E-state index in [2.05, 4.69) is 28.3 Å². The quantitative estimate of drug-likeness (QED) is 0.881. The fraction of sp³-hybridized carbons (Fsp3) is 0.333. The van der Waals surface area contributed by atoms with Crippen molar-refractivity contribution in [2.75, 3.05) is 0 Å². The van der Waals surface area contributed by atoms with Crippen molar-refractivity contribution < 1.29 is 0 Å². The Labute approximate surface area is 99.6 Å². The molecule has 3 nitrogen and oxygen atoms in total. The normalized spacial score (nSPS) is 10.6. The molecule has 1 N–H and O–H groups in total. The number of hydrogen-bond donors (Lipinski definition) is 1. The van der Waals surface area contributed by atoms with Crippen molar-refractivity contribution in [2.24, 2.45) is 0 Å². The second-order valence-corrected chi connectivity index (χ2v) is 4.71. The van der Waals surface area contributed by atoms with E-state index in [1.807, 2.05) is 24.8 Å². The van der Waals surface area contributed by atoms with Gasteiger partial charge in [0.2, 0.25) is 0 Å². The van der Waals surface area contributed by atoms with E-state index in [1.54, 1.807) is 11.3 Å². The van der Waals surface area contributed by atoms with Crippen LogP contribution in [0, 0.1) is 13.8 Å². The second kappa shape index (κ2) is 5.18. The van der Waals surface area contributed by atoms with Gasteiger partial charge in [0.25, 0.3) is 0 Å². The molecule has 2 rings (SSSR count). The summed E-state index contributed by atoms with van der Waals surface area (Å²) in [6.07, 6.45) is 3.73. The minimum Gasteiger partial charge on any atom is -0.308 e. The molecule has 0 radical (unpaired) electrons. The van der Waals surface area contributed by atoms with Gasteiger partial charge in [-0.15, -0.1) is 11.3 Å². The van der Waals surface area contributed by atoms with Gasteiger partial charge in [-0.3, -0.25) is 4.98 Å². The molecule has 0 spiro atoms. The Morgan fingerprint density at radius 3 is 2.88 bits per heavy atom. The highest BCUT2D eigenvalue weighted by atomic mass is 32.1. The summed E-state index contributed by atoms with van der Waals surface area (Å²) < 4.78 is 0. The van der Waals surface area contributed by atoms with Crippen molar-refractivity contribution >= 4 is 11.3 Å². The number of rotatable bonds is 4. The number of aryl methyl sites for hydroxylation is 2. The van der Waals surface area contributed by atoms with Crippen molar-refractivity contribution in [3.05, 3.63) is 45.7 Å². The molecular weight excluding hydrogens is 218 g/mol. The molecule has 0 aliphatic heterocycles. The molecule has 0 aliphatic carbocycles. The van der Waals surface area contributed by atoms with Gasteiger partial charge >= 0.3 is 0 Å². The second-order valence-electron chi connectivity index (χ2n) is 3.77. The van der Waals surface area contributed by atoms with Gasteiger partial charge in [-0.1, -0.05) is 0 Å². The molecule has 2 heterocycles. The molecular formula is C12H15N3S. The van der Waals surface area contributed by atoms with E-state index in [1.165, 1.54) is 16.0 Å². The van der Waals surface area contributed by atoms with Crippen LogP contribution in [0.1, 0.15) is 21.7 Å². The SMILES string of the molecule is Cc1cnccc1CNCc1scnc1C. The Morgan fingerprint density at radius 1 is 1.31 bits per heavy atom. The van der Waals surface area contributed by atoms with Crippen LogP contribution in [0.15, 0.2) is 24.0 Å². The van der Waals surface area contributed by atoms with Crippen LogP contribution >= 0.6 is 11.3 Å². The van der Waals surface area contributed by atoms with Crippen LogP contribution in [0.3, 0.4) is 0 Å². The van der Waals surface area contributed by atoms with Crippen LogP contribution in [-0.2, 0) is 13.1 Å². The minimum absolute atomic E-state index is 0.881. The van der Waals surface area contributed by atoms with E-state index in [0.717, 1.165) is 18.8 Å². The number of nitrogens with zero attached hydrogens (tertiary/aromatic N) is 2. The Bertz CT molecular complexity index is 465. The monoisotopic (exact) mass is 233 g/mol. The number of aromatic nitrogens is 2. The van der Waals surface area contributed by atoms with Crippen molar-refractivity contribution in [3.8, 4) is 0 Å². The predicted octanol–water partition coefficient (Wildman–Crippen LogP) is 2.44. The van der Waals surface area contributed by atoms with E-state index >= 15 is 0 Å². The van der Waals surface area contributed by atoms with Gasteiger partial charge in [-0.05, 0) is 31.0 Å². The summed E-state index contributed by atoms with van der Waals surface area (Å²) in [5.41, 5.74) is 5.56. The summed E-state index contributed by atoms with van der Waals surface area (Å²) in [5.74, 6) is 0. The van der Waals surface area contributed by atoms with E-state index in [9.17, 15) is 0 Å². The Kier molecular flexibility index (Phi) is 3.64. The first-order valence-corrected chi connectivity index (χ1v) is 6.14. The Balaban J connectivity index is 1.89. The molecule has 16 heavy (non-hydrogen) atoms. The predicted molar refractivity (Wildman–Crippen MR) is 66.4 cm³/mol. The molecule has 0 amide bonds. The van der Waals surface area contributed by atoms with Crippen molar-refractivity contribution in [1.29, 1.82) is 0 Å². The number of hydrogen-bond acceptors (Lipinski definition) is 4. The van der Waals surface area contributed by atoms with Gasteiger partial charge < -0.3 is 5.32 Å². The maximum absolute atomic E-state index is 4.23. The third kappa shape index (κ3) is 2.65. The molecule has 0 atom stereocenters. The van der Waals surface area contributed by atoms with Crippen LogP contribution in [0.5, 0.6) is 0 Å². The summed E-state index contributed by atoms with van der Waals surface area (Å²) in [6, 6.07) is 2.06. The first kappa shape index (κ1) is 11.2. The third-order valence-corrected chi connectivity index (χ3v) is 3.52. The third-order valence-electron chi connectivity index (χ3n) is 2.58. The van der Waals surface area contributed by atoms with Crippen molar-refractivity contribution in [2.45, 2.75) is 26.9 Å². The van der Waals surface area contributed by atoms with E-state index in [0.29, 0.717) is 0 Å². The van der Waals surface area contributed by atoms with Gasteiger partial charge in [0.15, 0.2) is 0 Å². The molecule has 2 aromatic rings. The van der Waals surface area contributed by atoms with Crippen LogP contribution < -0.4 is 5.32 Å². The van der Waals surface area contributed by atoms with Gasteiger partial charge in [0.05, 0.1) is 11.2 Å². The molecule has 0 bridgehead atoms. The van der Waals surface area contributed by atoms with E-state index in [-0.39, 0.29) is 0 Å². The zero-order chi connectivity index (χ0) is 11.4. The van der Waals surface area contributed by atoms with E-state index in [4.69, 9.17) is 0 Å². The number of thiazole rings is 1. The average Bonchev–Trinajstić information content (AvgIpc) is 2.67. The first-order valence-electron chi connectivity index (χ1n) is 5.26. The summed E-state index contributed by atoms with van der Waals surface area (Å²) in [7, 11) is 0. The lowest BCUT2D eigenvalue weighted by Gasteiger charge is -2.06. The summed E-state index contributed by atoms with van der Waals surface area (Å²) in [4.78, 5) is 9.62. The van der Waals surface area contributed by atoms with Crippen LogP contribution in [0.4, 0.5) is 0 Å². The average molecular weight is 233 g/mol.